The second-order valence-electron chi connectivity index (χ2n) is 14.7. The van der Waals surface area contributed by atoms with Gasteiger partial charge in [-0.15, -0.1) is 0 Å². The molecule has 3 fully saturated rings. The summed E-state index contributed by atoms with van der Waals surface area (Å²) >= 11 is 34.8. The van der Waals surface area contributed by atoms with E-state index in [0.717, 1.165) is 6.92 Å². The molecule has 1 aliphatic heterocycles. The first-order valence-corrected chi connectivity index (χ1v) is 19.1. The Hall–Kier alpha value is -2.27. The van der Waals surface area contributed by atoms with Gasteiger partial charge in [-0.05, 0) is 57.4 Å². The predicted molar refractivity (Wildman–Crippen MR) is 196 cm³/mol. The minimum absolute atomic E-state index is 0.0522. The number of ether oxygens (including phenoxy) is 7. The van der Waals surface area contributed by atoms with Gasteiger partial charge in [0.05, 0.1) is 40.6 Å². The molecule has 55 heavy (non-hydrogen) atoms. The van der Waals surface area contributed by atoms with E-state index < -0.39 is 116 Å². The largest absolute Gasteiger partial charge is 0.509 e. The van der Waals surface area contributed by atoms with E-state index in [-0.39, 0.29) is 29.7 Å². The first-order valence-electron chi connectivity index (χ1n) is 16.8. The standard InChI is InChI=1S/C35H38Cl6O14/c1-16-19(43)12-32(30(3,4)48)22(16)23(53-29(47)51-15-35(39,40)41)25(44)31(5)20(52-28(46)50-14-34(36,37)38)11-21-33(13-49-21,55-17(2)42)24(31)26(32)54-27(45)18-9-7-6-8-10-18/h6-10,19-21,23-24,26,43,48H,11-15H2,1-5H3/t19-,20-,21+,23+,24-,26-,31+,32-,33-/m0/s1. The molecule has 0 radical (unpaired) electrons. The van der Waals surface area contributed by atoms with E-state index in [4.69, 9.17) is 103 Å². The van der Waals surface area contributed by atoms with Crippen LogP contribution >= 0.6 is 69.6 Å². The number of halogens is 6. The number of ketones is 1. The molecule has 4 aliphatic rings. The molecule has 0 bridgehead atoms. The fourth-order valence-corrected chi connectivity index (χ4v) is 8.91. The Morgan fingerprint density at radius 3 is 1.98 bits per heavy atom. The third-order valence-electron chi connectivity index (χ3n) is 10.9. The lowest BCUT2D eigenvalue weighted by Crippen LogP contribution is -2.78. The van der Waals surface area contributed by atoms with Gasteiger partial charge >= 0.3 is 24.2 Å². The first kappa shape index (κ1) is 43.8. The van der Waals surface area contributed by atoms with E-state index in [9.17, 15) is 29.4 Å². The van der Waals surface area contributed by atoms with Crippen molar-refractivity contribution in [2.75, 3.05) is 19.8 Å². The lowest BCUT2D eigenvalue weighted by atomic mass is 9.50. The molecule has 2 saturated carbocycles. The van der Waals surface area contributed by atoms with E-state index in [2.05, 4.69) is 0 Å². The molecule has 20 heteroatoms. The second kappa shape index (κ2) is 15.5. The third kappa shape index (κ3) is 8.22. The van der Waals surface area contributed by atoms with Crippen molar-refractivity contribution in [2.24, 2.45) is 16.7 Å². The number of aliphatic hydroxyl groups excluding tert-OH is 1. The summed E-state index contributed by atoms with van der Waals surface area (Å²) in [5.74, 6) is -4.34. The highest BCUT2D eigenvalue weighted by atomic mass is 35.6. The van der Waals surface area contributed by atoms with Crippen LogP contribution in [0.3, 0.4) is 0 Å². The van der Waals surface area contributed by atoms with Crippen LogP contribution in [0, 0.1) is 16.7 Å². The highest BCUT2D eigenvalue weighted by molar-refractivity contribution is 6.68. The molecular weight excluding hydrogens is 857 g/mol. The van der Waals surface area contributed by atoms with Crippen LogP contribution in [-0.2, 0) is 42.7 Å². The molecule has 0 amide bonds. The SMILES string of the molecule is CC(=O)O[C@@]12CO[C@@H]1C[C@H](OC(=O)OCC(Cl)(Cl)Cl)[C@@]1(C)C(=O)[C@H](OC(=O)OCC(Cl)(Cl)Cl)C3=C(C)[C@@H](O)C[C@@]3(C(C)(C)O)[C@@H](OC(=O)c3ccccc3)[C@H]21. The van der Waals surface area contributed by atoms with Gasteiger partial charge in [0.25, 0.3) is 0 Å². The van der Waals surface area contributed by atoms with Crippen LogP contribution in [0.15, 0.2) is 41.5 Å². The zero-order valence-corrected chi connectivity index (χ0v) is 34.5. The topological polar surface area (TPSA) is 190 Å². The summed E-state index contributed by atoms with van der Waals surface area (Å²) in [5.41, 5.74) is -8.10. The monoisotopic (exact) mass is 892 g/mol. The Morgan fingerprint density at radius 1 is 0.927 bits per heavy atom. The highest BCUT2D eigenvalue weighted by Crippen LogP contribution is 2.67. The van der Waals surface area contributed by atoms with E-state index in [0.29, 0.717) is 0 Å². The number of Topliss-reactive ketones (excluding diaryl/α,β-unsaturated/α-hetero) is 1. The van der Waals surface area contributed by atoms with Crippen LogP contribution in [0.25, 0.3) is 0 Å². The number of hydrogen-bond acceptors (Lipinski definition) is 14. The Morgan fingerprint density at radius 2 is 1.49 bits per heavy atom. The van der Waals surface area contributed by atoms with Crippen molar-refractivity contribution in [2.45, 2.75) is 96.8 Å². The summed E-state index contributed by atoms with van der Waals surface area (Å²) in [7, 11) is 0. The molecule has 0 spiro atoms. The lowest BCUT2D eigenvalue weighted by molar-refractivity contribution is -0.337. The Labute approximate surface area is 345 Å². The number of esters is 2. The molecule has 0 unspecified atom stereocenters. The Balaban J connectivity index is 1.82. The number of carbonyl (C=O) groups excluding carboxylic acids is 5. The van der Waals surface area contributed by atoms with Gasteiger partial charge in [0.1, 0.15) is 31.5 Å². The number of hydrogen-bond donors (Lipinski definition) is 2. The quantitative estimate of drug-likeness (QED) is 0.131. The maximum Gasteiger partial charge on any atom is 0.509 e. The van der Waals surface area contributed by atoms with Gasteiger partial charge in [-0.2, -0.15) is 0 Å². The summed E-state index contributed by atoms with van der Waals surface area (Å²) in [5, 5.41) is 24.0. The molecule has 1 aromatic rings. The van der Waals surface area contributed by atoms with Crippen molar-refractivity contribution >= 4 is 99.6 Å². The van der Waals surface area contributed by atoms with Gasteiger partial charge < -0.3 is 43.4 Å². The van der Waals surface area contributed by atoms with Crippen molar-refractivity contribution in [3.05, 3.63) is 47.0 Å². The van der Waals surface area contributed by atoms with Gasteiger partial charge in [0.15, 0.2) is 17.5 Å². The van der Waals surface area contributed by atoms with Crippen molar-refractivity contribution in [1.29, 1.82) is 0 Å². The van der Waals surface area contributed by atoms with Crippen LogP contribution in [0.1, 0.15) is 57.8 Å². The molecule has 2 N–H and O–H groups in total. The number of rotatable bonds is 8. The second-order valence-corrected chi connectivity index (χ2v) is 19.7. The maximum atomic E-state index is 15.6. The van der Waals surface area contributed by atoms with Crippen LogP contribution in [0.5, 0.6) is 0 Å². The van der Waals surface area contributed by atoms with Crippen LogP contribution < -0.4 is 0 Å². The molecular formula is C35H38Cl6O14. The molecule has 1 heterocycles. The average Bonchev–Trinajstić information content (AvgIpc) is 3.31. The van der Waals surface area contributed by atoms with E-state index in [1.54, 1.807) is 18.2 Å². The van der Waals surface area contributed by atoms with Gasteiger partial charge in [-0.1, -0.05) is 87.8 Å². The molecule has 9 atom stereocenters. The molecule has 5 rings (SSSR count). The minimum Gasteiger partial charge on any atom is -0.457 e. The van der Waals surface area contributed by atoms with Gasteiger partial charge in [-0.3, -0.25) is 9.59 Å². The Bertz CT molecular complexity index is 1740. The smallest absolute Gasteiger partial charge is 0.457 e. The fourth-order valence-electron chi connectivity index (χ4n) is 8.59. The predicted octanol–water partition coefficient (Wildman–Crippen LogP) is 6.14. The Kier molecular flexibility index (Phi) is 12.3. The molecule has 3 aliphatic carbocycles. The van der Waals surface area contributed by atoms with Crippen molar-refractivity contribution < 1.29 is 67.3 Å². The summed E-state index contributed by atoms with van der Waals surface area (Å²) < 4.78 is 35.9. The van der Waals surface area contributed by atoms with Crippen molar-refractivity contribution in [3.8, 4) is 0 Å². The van der Waals surface area contributed by atoms with Crippen LogP contribution in [-0.4, -0.2) is 109 Å². The van der Waals surface area contributed by atoms with Gasteiger partial charge in [0, 0.05) is 13.3 Å². The van der Waals surface area contributed by atoms with Crippen LogP contribution in [0.2, 0.25) is 0 Å². The fraction of sp³-hybridized carbons (Fsp3) is 0.629. The molecule has 1 aromatic carbocycles. The van der Waals surface area contributed by atoms with Crippen LogP contribution in [0.4, 0.5) is 9.59 Å². The number of fused-ring (bicyclic) bond motifs is 4. The zero-order chi connectivity index (χ0) is 41.1. The molecule has 304 valence electrons. The number of aliphatic hydroxyl groups is 2. The van der Waals surface area contributed by atoms with E-state index >= 15 is 4.79 Å². The third-order valence-corrected chi connectivity index (χ3v) is 11.5. The van der Waals surface area contributed by atoms with Gasteiger partial charge in [-0.25, -0.2) is 14.4 Å². The van der Waals surface area contributed by atoms with Gasteiger partial charge in [0.2, 0.25) is 7.59 Å². The first-order chi connectivity index (χ1) is 25.3. The molecule has 0 aromatic heterocycles. The minimum atomic E-state index is -2.18. The average molecular weight is 895 g/mol. The number of alkyl halides is 6. The summed E-state index contributed by atoms with van der Waals surface area (Å²) in [6.45, 7) is 4.67. The molecule has 14 nitrogen and oxygen atoms in total. The molecule has 1 saturated heterocycles. The van der Waals surface area contributed by atoms with E-state index in [1.807, 2.05) is 0 Å². The lowest BCUT2D eigenvalue weighted by Gasteiger charge is -2.64. The summed E-state index contributed by atoms with van der Waals surface area (Å²) in [4.78, 5) is 69.4. The maximum absolute atomic E-state index is 15.6. The van der Waals surface area contributed by atoms with Crippen molar-refractivity contribution in [1.82, 2.24) is 0 Å². The van der Waals surface area contributed by atoms with Crippen molar-refractivity contribution in [3.63, 3.8) is 0 Å². The highest BCUT2D eigenvalue weighted by Gasteiger charge is 2.80. The zero-order valence-electron chi connectivity index (χ0n) is 29.9. The van der Waals surface area contributed by atoms with E-state index in [1.165, 1.54) is 39.8 Å². The number of benzene rings is 1. The normalized spacial score (nSPS) is 33.1. The summed E-state index contributed by atoms with van der Waals surface area (Å²) in [6.07, 6.45) is -11.6. The summed E-state index contributed by atoms with van der Waals surface area (Å²) in [6, 6.07) is 7.74. The number of carbonyl (C=O) groups is 5.